The highest BCUT2D eigenvalue weighted by Crippen LogP contribution is 1.77. The summed E-state index contributed by atoms with van der Waals surface area (Å²) in [6.07, 6.45) is 1.44. The van der Waals surface area contributed by atoms with Crippen molar-refractivity contribution in [1.82, 2.24) is 4.90 Å². The summed E-state index contributed by atoms with van der Waals surface area (Å²) < 4.78 is 0. The SMILES string of the molecule is N#CN(C(=N)N)C(=N)N. The summed E-state index contributed by atoms with van der Waals surface area (Å²) in [5.41, 5.74) is 9.63. The standard InChI is InChI=1S/C3H6N6/c4-1-9(2(5)6)3(7)8/h(H3,5,6)(H3,7,8). The third kappa shape index (κ3) is 1.65. The largest absolute Gasteiger partial charge is 0.369 e. The molecule has 0 bridgehead atoms. The molecule has 0 radical (unpaired) electrons. The third-order valence-corrected chi connectivity index (χ3v) is 0.582. The molecule has 0 aliphatic heterocycles. The fraction of sp³-hybridized carbons (Fsp3) is 0. The highest BCUT2D eigenvalue weighted by Gasteiger charge is 2.05. The molecule has 6 heteroatoms. The van der Waals surface area contributed by atoms with Gasteiger partial charge in [-0.2, -0.15) is 10.2 Å². The van der Waals surface area contributed by atoms with E-state index in [0.717, 1.165) is 0 Å². The van der Waals surface area contributed by atoms with Gasteiger partial charge in [0, 0.05) is 0 Å². The average molecular weight is 126 g/mol. The summed E-state index contributed by atoms with van der Waals surface area (Å²) >= 11 is 0. The van der Waals surface area contributed by atoms with Crippen LogP contribution in [0.1, 0.15) is 0 Å². The maximum absolute atomic E-state index is 8.10. The van der Waals surface area contributed by atoms with E-state index in [1.165, 1.54) is 6.19 Å². The van der Waals surface area contributed by atoms with Crippen molar-refractivity contribution in [2.24, 2.45) is 11.5 Å². The minimum absolute atomic E-state index is 0.486. The molecular formula is C3H6N6. The lowest BCUT2D eigenvalue weighted by Gasteiger charge is -2.07. The molecule has 0 heterocycles. The lowest BCUT2D eigenvalue weighted by molar-refractivity contribution is 0.805. The number of nitriles is 1. The zero-order valence-electron chi connectivity index (χ0n) is 4.55. The minimum Gasteiger partial charge on any atom is -0.369 e. The molecule has 0 aromatic carbocycles. The maximum Gasteiger partial charge on any atom is 0.209 e. The molecule has 0 atom stereocenters. The molecule has 0 unspecified atom stereocenters. The van der Waals surface area contributed by atoms with E-state index in [2.05, 4.69) is 0 Å². The molecule has 0 saturated carbocycles. The summed E-state index contributed by atoms with van der Waals surface area (Å²) in [7, 11) is 0. The molecule has 0 aromatic heterocycles. The number of guanidine groups is 2. The molecule has 0 fully saturated rings. The number of nitrogens with one attached hydrogen (secondary N) is 2. The average Bonchev–Trinajstić information content (AvgIpc) is 1.64. The van der Waals surface area contributed by atoms with E-state index >= 15 is 0 Å². The summed E-state index contributed by atoms with van der Waals surface area (Å²) in [6, 6.07) is 0. The molecule has 0 rings (SSSR count). The van der Waals surface area contributed by atoms with Gasteiger partial charge in [0.25, 0.3) is 0 Å². The molecule has 0 saturated heterocycles. The first-order valence-corrected chi connectivity index (χ1v) is 1.97. The zero-order valence-corrected chi connectivity index (χ0v) is 4.55. The van der Waals surface area contributed by atoms with Gasteiger partial charge in [0.1, 0.15) is 0 Å². The van der Waals surface area contributed by atoms with Crippen LogP contribution >= 0.6 is 0 Å². The highest BCUT2D eigenvalue weighted by atomic mass is 15.3. The fourth-order valence-electron chi connectivity index (χ4n) is 0.238. The Morgan fingerprint density at radius 3 is 1.67 bits per heavy atom. The van der Waals surface area contributed by atoms with E-state index in [9.17, 15) is 0 Å². The molecular weight excluding hydrogens is 120 g/mol. The summed E-state index contributed by atoms with van der Waals surface area (Å²) in [5, 5.41) is 21.4. The number of nitrogens with two attached hydrogens (primary N) is 2. The molecule has 48 valence electrons. The van der Waals surface area contributed by atoms with Crippen LogP contribution in [-0.2, 0) is 0 Å². The first kappa shape index (κ1) is 7.23. The zero-order chi connectivity index (χ0) is 7.44. The molecule has 0 aliphatic rings. The van der Waals surface area contributed by atoms with Gasteiger partial charge in [-0.05, 0) is 0 Å². The number of rotatable bonds is 0. The molecule has 0 amide bonds. The maximum atomic E-state index is 8.10. The predicted molar refractivity (Wildman–Crippen MR) is 31.3 cm³/mol. The lowest BCUT2D eigenvalue weighted by atomic mass is 10.7. The van der Waals surface area contributed by atoms with Gasteiger partial charge in [0.15, 0.2) is 6.19 Å². The quantitative estimate of drug-likeness (QED) is 0.137. The Hall–Kier alpha value is -1.77. The monoisotopic (exact) mass is 126 g/mol. The van der Waals surface area contributed by atoms with Crippen LogP contribution in [0.4, 0.5) is 0 Å². The Morgan fingerprint density at radius 2 is 1.67 bits per heavy atom. The Morgan fingerprint density at radius 1 is 1.33 bits per heavy atom. The van der Waals surface area contributed by atoms with Crippen LogP contribution < -0.4 is 11.5 Å². The second kappa shape index (κ2) is 2.52. The molecule has 0 aromatic rings. The summed E-state index contributed by atoms with van der Waals surface area (Å²) in [6.45, 7) is 0. The van der Waals surface area contributed by atoms with E-state index in [1.807, 2.05) is 0 Å². The van der Waals surface area contributed by atoms with E-state index in [1.54, 1.807) is 0 Å². The molecule has 6 nitrogen and oxygen atoms in total. The Bertz CT molecular complexity index is 161. The Labute approximate surface area is 51.7 Å². The van der Waals surface area contributed by atoms with Crippen molar-refractivity contribution in [3.63, 3.8) is 0 Å². The van der Waals surface area contributed by atoms with E-state index in [0.29, 0.717) is 4.90 Å². The van der Waals surface area contributed by atoms with Crippen LogP contribution in [0.2, 0.25) is 0 Å². The fourth-order valence-corrected chi connectivity index (χ4v) is 0.238. The van der Waals surface area contributed by atoms with E-state index in [4.69, 9.17) is 27.5 Å². The normalized spacial score (nSPS) is 7.44. The highest BCUT2D eigenvalue weighted by molar-refractivity contribution is 5.95. The first-order chi connectivity index (χ1) is 4.09. The first-order valence-electron chi connectivity index (χ1n) is 1.97. The van der Waals surface area contributed by atoms with Gasteiger partial charge >= 0.3 is 0 Å². The predicted octanol–water partition coefficient (Wildman–Crippen LogP) is -1.44. The van der Waals surface area contributed by atoms with Gasteiger partial charge in [0.05, 0.1) is 0 Å². The van der Waals surface area contributed by atoms with Crippen molar-refractivity contribution in [1.29, 1.82) is 16.1 Å². The second-order valence-corrected chi connectivity index (χ2v) is 1.21. The van der Waals surface area contributed by atoms with Crippen LogP contribution in [0.15, 0.2) is 0 Å². The van der Waals surface area contributed by atoms with Gasteiger partial charge in [-0.1, -0.05) is 0 Å². The van der Waals surface area contributed by atoms with Crippen LogP contribution in [0.3, 0.4) is 0 Å². The topological polar surface area (TPSA) is 127 Å². The van der Waals surface area contributed by atoms with E-state index in [-0.39, 0.29) is 0 Å². The van der Waals surface area contributed by atoms with Gasteiger partial charge in [-0.25, -0.2) is 0 Å². The molecule has 0 aliphatic carbocycles. The third-order valence-electron chi connectivity index (χ3n) is 0.582. The van der Waals surface area contributed by atoms with Gasteiger partial charge in [-0.15, -0.1) is 0 Å². The Kier molecular flexibility index (Phi) is 2.02. The van der Waals surface area contributed by atoms with Crippen LogP contribution in [0.25, 0.3) is 0 Å². The second-order valence-electron chi connectivity index (χ2n) is 1.21. The van der Waals surface area contributed by atoms with Crippen molar-refractivity contribution in [2.45, 2.75) is 0 Å². The molecule has 0 spiro atoms. The molecule has 6 N–H and O–H groups in total. The lowest BCUT2D eigenvalue weighted by Crippen LogP contribution is -2.41. The smallest absolute Gasteiger partial charge is 0.209 e. The summed E-state index contributed by atoms with van der Waals surface area (Å²) in [4.78, 5) is 0.486. The van der Waals surface area contributed by atoms with E-state index < -0.39 is 11.9 Å². The van der Waals surface area contributed by atoms with Crippen LogP contribution in [0, 0.1) is 22.3 Å². The molecule has 9 heavy (non-hydrogen) atoms. The van der Waals surface area contributed by atoms with Crippen molar-refractivity contribution in [3.05, 3.63) is 0 Å². The summed E-state index contributed by atoms with van der Waals surface area (Å²) in [5.74, 6) is -1.10. The van der Waals surface area contributed by atoms with Gasteiger partial charge in [-0.3, -0.25) is 10.8 Å². The number of hydrogen-bond acceptors (Lipinski definition) is 3. The minimum atomic E-state index is -0.551. The van der Waals surface area contributed by atoms with Crippen molar-refractivity contribution < 1.29 is 0 Å². The Balaban J connectivity index is 4.22. The van der Waals surface area contributed by atoms with Crippen LogP contribution in [0.5, 0.6) is 0 Å². The van der Waals surface area contributed by atoms with Gasteiger partial charge in [0.2, 0.25) is 11.9 Å². The van der Waals surface area contributed by atoms with Gasteiger partial charge < -0.3 is 11.5 Å². The number of hydrogen-bond donors (Lipinski definition) is 4. The van der Waals surface area contributed by atoms with Crippen molar-refractivity contribution in [2.75, 3.05) is 0 Å². The van der Waals surface area contributed by atoms with Crippen LogP contribution in [-0.4, -0.2) is 16.8 Å². The number of nitrogens with zero attached hydrogens (tertiary/aromatic N) is 2. The van der Waals surface area contributed by atoms with Crippen molar-refractivity contribution >= 4 is 11.9 Å². The van der Waals surface area contributed by atoms with Crippen molar-refractivity contribution in [3.8, 4) is 6.19 Å².